The Morgan fingerprint density at radius 2 is 1.85 bits per heavy atom. The lowest BCUT2D eigenvalue weighted by atomic mass is 9.64. The van der Waals surface area contributed by atoms with Gasteiger partial charge in [-0.1, -0.05) is 18.2 Å². The van der Waals surface area contributed by atoms with E-state index in [1.165, 1.54) is 0 Å². The largest absolute Gasteiger partial charge is 0.324 e. The van der Waals surface area contributed by atoms with Crippen LogP contribution in [0.5, 0.6) is 0 Å². The number of benzene rings is 1. The van der Waals surface area contributed by atoms with E-state index in [2.05, 4.69) is 32.3 Å². The Morgan fingerprint density at radius 3 is 2.59 bits per heavy atom. The number of hydrogen-bond acceptors (Lipinski definition) is 5. The molecule has 0 unspecified atom stereocenters. The van der Waals surface area contributed by atoms with Crippen LogP contribution in [0, 0.1) is 11.3 Å². The molecule has 1 amide bonds. The predicted octanol–water partition coefficient (Wildman–Crippen LogP) is 4.76. The molecule has 6 rings (SSSR count). The monoisotopic (exact) mass is 511 g/mol. The zero-order valence-corrected chi connectivity index (χ0v) is 19.5. The average Bonchev–Trinajstić information content (AvgIpc) is 3.47. The first-order chi connectivity index (χ1) is 16.6. The molecule has 1 atom stereocenters. The van der Waals surface area contributed by atoms with Gasteiger partial charge in [0.1, 0.15) is 23.1 Å². The molecule has 1 N–H and O–H groups in total. The fraction of sp³-hybridized carbons (Fsp3) is 0.154. The van der Waals surface area contributed by atoms with Gasteiger partial charge < -0.3 is 9.88 Å². The maximum absolute atomic E-state index is 13.8. The number of pyridine rings is 1. The van der Waals surface area contributed by atoms with Gasteiger partial charge in [-0.2, -0.15) is 5.26 Å². The normalized spacial score (nSPS) is 21.5. The van der Waals surface area contributed by atoms with E-state index in [9.17, 15) is 14.9 Å². The molecular formula is C26H18BrN5O2. The van der Waals surface area contributed by atoms with Crippen LogP contribution in [0.25, 0.3) is 5.82 Å². The number of fused-ring (bicyclic) bond motifs is 3. The van der Waals surface area contributed by atoms with Crippen molar-refractivity contribution in [3.63, 3.8) is 0 Å². The predicted molar refractivity (Wildman–Crippen MR) is 130 cm³/mol. The van der Waals surface area contributed by atoms with Gasteiger partial charge in [0, 0.05) is 52.0 Å². The topological polar surface area (TPSA) is 91.0 Å². The Morgan fingerprint density at radius 1 is 1.06 bits per heavy atom. The number of ketones is 1. The molecule has 1 aliphatic carbocycles. The van der Waals surface area contributed by atoms with E-state index in [1.54, 1.807) is 6.20 Å². The number of hydrogen-bond donors (Lipinski definition) is 1. The second-order valence-corrected chi connectivity index (χ2v) is 9.33. The molecule has 0 radical (unpaired) electrons. The van der Waals surface area contributed by atoms with Gasteiger partial charge in [-0.15, -0.1) is 0 Å². The van der Waals surface area contributed by atoms with E-state index in [-0.39, 0.29) is 17.3 Å². The Balaban J connectivity index is 1.78. The van der Waals surface area contributed by atoms with Crippen LogP contribution in [0.1, 0.15) is 24.8 Å². The van der Waals surface area contributed by atoms with Gasteiger partial charge in [-0.05, 0) is 59.1 Å². The lowest BCUT2D eigenvalue weighted by Gasteiger charge is -2.44. The number of Topliss-reactive ketones (excluding diaryl/α,β-unsaturated/α-hetero) is 1. The summed E-state index contributed by atoms with van der Waals surface area (Å²) in [6.45, 7) is 0. The van der Waals surface area contributed by atoms with E-state index in [1.807, 2.05) is 70.4 Å². The van der Waals surface area contributed by atoms with Crippen molar-refractivity contribution in [3.05, 3.63) is 94.0 Å². The third-order valence-corrected chi connectivity index (χ3v) is 7.13. The molecule has 0 bridgehead atoms. The van der Waals surface area contributed by atoms with Crippen molar-refractivity contribution in [2.24, 2.45) is 0 Å². The number of carbonyl (C=O) groups is 2. The fourth-order valence-corrected chi connectivity index (χ4v) is 5.60. The molecular weight excluding hydrogens is 494 g/mol. The van der Waals surface area contributed by atoms with Gasteiger partial charge in [-0.25, -0.2) is 4.98 Å². The van der Waals surface area contributed by atoms with Crippen molar-refractivity contribution >= 4 is 44.9 Å². The maximum atomic E-state index is 13.8. The number of rotatable bonds is 2. The summed E-state index contributed by atoms with van der Waals surface area (Å²) in [4.78, 5) is 33.9. The van der Waals surface area contributed by atoms with Crippen LogP contribution in [0.3, 0.4) is 0 Å². The SMILES string of the molecule is N#CC1=C(n2cccc2)N(c2ccc(Br)cn2)C2=C(C(=O)CCC2)[C@]12C(=O)Nc1ccccc12. The number of halogens is 1. The Kier molecular flexibility index (Phi) is 4.57. The van der Waals surface area contributed by atoms with E-state index < -0.39 is 5.41 Å². The van der Waals surface area contributed by atoms with Gasteiger partial charge in [0.05, 0.1) is 5.57 Å². The number of para-hydroxylation sites is 1. The highest BCUT2D eigenvalue weighted by atomic mass is 79.9. The summed E-state index contributed by atoms with van der Waals surface area (Å²) in [5, 5.41) is 13.6. The third kappa shape index (κ3) is 2.65. The standard InChI is InChI=1S/C26H18BrN5O2/c27-16-10-11-22(29-15-16)32-20-8-5-9-21(33)23(20)26(17-6-1-2-7-19(17)30-25(26)34)18(14-28)24(32)31-12-3-4-13-31/h1-4,6-7,10-13,15H,5,8-9H2,(H,30,34)/t26-/m1/s1. The summed E-state index contributed by atoms with van der Waals surface area (Å²) in [7, 11) is 0. The summed E-state index contributed by atoms with van der Waals surface area (Å²) >= 11 is 3.43. The van der Waals surface area contributed by atoms with E-state index in [4.69, 9.17) is 0 Å². The first-order valence-corrected chi connectivity index (χ1v) is 11.7. The van der Waals surface area contributed by atoms with Crippen LogP contribution in [0.15, 0.2) is 88.4 Å². The van der Waals surface area contributed by atoms with E-state index in [0.29, 0.717) is 53.4 Å². The van der Waals surface area contributed by atoms with Crippen LogP contribution >= 0.6 is 15.9 Å². The number of amides is 1. The number of carbonyl (C=O) groups excluding carboxylic acids is 2. The van der Waals surface area contributed by atoms with Gasteiger partial charge in [0.25, 0.3) is 0 Å². The third-order valence-electron chi connectivity index (χ3n) is 6.66. The summed E-state index contributed by atoms with van der Waals surface area (Å²) in [6.07, 6.45) is 6.92. The molecule has 2 aliphatic heterocycles. The Hall–Kier alpha value is -3.96. The van der Waals surface area contributed by atoms with Gasteiger partial charge in [-0.3, -0.25) is 14.5 Å². The minimum atomic E-state index is -1.51. The van der Waals surface area contributed by atoms with E-state index in [0.717, 1.165) is 4.47 Å². The molecule has 8 heteroatoms. The van der Waals surface area contributed by atoms with E-state index >= 15 is 0 Å². The molecule has 0 saturated heterocycles. The van der Waals surface area contributed by atoms with Crippen LogP contribution in [-0.2, 0) is 15.0 Å². The number of allylic oxidation sites excluding steroid dienone is 1. The first kappa shape index (κ1) is 20.6. The summed E-state index contributed by atoms with van der Waals surface area (Å²) in [6, 6.07) is 17.1. The Bertz CT molecular complexity index is 1460. The molecule has 1 aromatic carbocycles. The van der Waals surface area contributed by atoms with Crippen LogP contribution in [-0.4, -0.2) is 21.2 Å². The van der Waals surface area contributed by atoms with Crippen molar-refractivity contribution < 1.29 is 9.59 Å². The summed E-state index contributed by atoms with van der Waals surface area (Å²) in [5.74, 6) is 0.585. The lowest BCUT2D eigenvalue weighted by Crippen LogP contribution is -2.49. The fourth-order valence-electron chi connectivity index (χ4n) is 5.36. The second-order valence-electron chi connectivity index (χ2n) is 8.42. The first-order valence-electron chi connectivity index (χ1n) is 10.9. The molecule has 166 valence electrons. The van der Waals surface area contributed by atoms with Crippen LogP contribution < -0.4 is 10.2 Å². The van der Waals surface area contributed by atoms with Crippen molar-refractivity contribution in [1.82, 2.24) is 9.55 Å². The zero-order valence-electron chi connectivity index (χ0n) is 18.0. The summed E-state index contributed by atoms with van der Waals surface area (Å²) in [5.41, 5.74) is 1.02. The molecule has 1 spiro atoms. The van der Waals surface area contributed by atoms with Gasteiger partial charge in [0.15, 0.2) is 5.78 Å². The molecule has 3 aliphatic rings. The highest BCUT2D eigenvalue weighted by Crippen LogP contribution is 2.56. The van der Waals surface area contributed by atoms with Crippen LogP contribution in [0.2, 0.25) is 0 Å². The molecule has 3 aromatic rings. The van der Waals surface area contributed by atoms with Gasteiger partial charge >= 0.3 is 0 Å². The molecule has 34 heavy (non-hydrogen) atoms. The lowest BCUT2D eigenvalue weighted by molar-refractivity contribution is -0.122. The molecule has 4 heterocycles. The second kappa shape index (κ2) is 7.54. The quantitative estimate of drug-likeness (QED) is 0.535. The number of nitrogens with zero attached hydrogens (tertiary/aromatic N) is 4. The zero-order chi connectivity index (χ0) is 23.4. The number of anilines is 2. The van der Waals surface area contributed by atoms with Crippen molar-refractivity contribution in [2.45, 2.75) is 24.7 Å². The van der Waals surface area contributed by atoms with Gasteiger partial charge in [0.2, 0.25) is 5.91 Å². The molecule has 2 aromatic heterocycles. The average molecular weight is 512 g/mol. The van der Waals surface area contributed by atoms with Crippen LogP contribution in [0.4, 0.5) is 11.5 Å². The minimum absolute atomic E-state index is 0.116. The molecule has 0 saturated carbocycles. The minimum Gasteiger partial charge on any atom is -0.324 e. The number of nitriles is 1. The number of aromatic nitrogens is 2. The van der Waals surface area contributed by atoms with Crippen molar-refractivity contribution in [3.8, 4) is 6.07 Å². The highest BCUT2D eigenvalue weighted by Gasteiger charge is 2.60. The smallest absolute Gasteiger partial charge is 0.245 e. The molecule has 0 fully saturated rings. The molecule has 7 nitrogen and oxygen atoms in total. The summed E-state index contributed by atoms with van der Waals surface area (Å²) < 4.78 is 2.64. The Labute approximate surface area is 204 Å². The van der Waals surface area contributed by atoms with Crippen molar-refractivity contribution in [2.75, 3.05) is 10.2 Å². The highest BCUT2D eigenvalue weighted by molar-refractivity contribution is 9.10. The maximum Gasteiger partial charge on any atom is 0.245 e. The van der Waals surface area contributed by atoms with Crippen molar-refractivity contribution in [1.29, 1.82) is 5.26 Å². The number of nitrogens with one attached hydrogen (secondary N) is 1.